The van der Waals surface area contributed by atoms with Crippen LogP contribution in [0.5, 0.6) is 0 Å². The summed E-state index contributed by atoms with van der Waals surface area (Å²) in [7, 11) is 0. The Morgan fingerprint density at radius 2 is 1.79 bits per heavy atom. The maximum absolute atomic E-state index is 12.9. The molecule has 0 radical (unpaired) electrons. The Balaban J connectivity index is 1.58. The van der Waals surface area contributed by atoms with Crippen LogP contribution in [0.15, 0.2) is 69.0 Å². The van der Waals surface area contributed by atoms with Crippen LogP contribution in [0.1, 0.15) is 23.7 Å². The largest absolute Gasteiger partial charge is 0.478 e. The summed E-state index contributed by atoms with van der Waals surface area (Å²) in [5.74, 6) is -0.529. The van der Waals surface area contributed by atoms with E-state index in [1.807, 2.05) is 6.92 Å². The summed E-state index contributed by atoms with van der Waals surface area (Å²) in [5, 5.41) is 20.2. The summed E-state index contributed by atoms with van der Waals surface area (Å²) >= 11 is 7.25. The summed E-state index contributed by atoms with van der Waals surface area (Å²) in [6.07, 6.45) is 3.49. The van der Waals surface area contributed by atoms with Crippen molar-refractivity contribution in [1.29, 1.82) is 0 Å². The van der Waals surface area contributed by atoms with Gasteiger partial charge < -0.3 is 19.3 Å². The van der Waals surface area contributed by atoms with Gasteiger partial charge in [0.2, 0.25) is 11.1 Å². The normalized spacial score (nSPS) is 11.8. The van der Waals surface area contributed by atoms with Crippen LogP contribution in [0.4, 0.5) is 5.69 Å². The van der Waals surface area contributed by atoms with Gasteiger partial charge in [0.05, 0.1) is 34.0 Å². The summed E-state index contributed by atoms with van der Waals surface area (Å²) in [4.78, 5) is 28.7. The predicted octanol–water partition coefficient (Wildman–Crippen LogP) is 5.25. The zero-order valence-electron chi connectivity index (χ0n) is 17.2. The number of hydrogen-bond acceptors (Lipinski definition) is 8. The molecule has 1 aromatic carbocycles. The minimum absolute atomic E-state index is 0.0135. The molecule has 0 bridgehead atoms. The first-order valence-corrected chi connectivity index (χ1v) is 11.0. The predicted molar refractivity (Wildman–Crippen MR) is 122 cm³/mol. The monoisotopic (exact) mass is 484 g/mol. The molecule has 0 spiro atoms. The molecule has 0 aliphatic heterocycles. The smallest absolute Gasteiger partial charge is 0.335 e. The lowest BCUT2D eigenvalue weighted by molar-refractivity contribution is -0.115. The van der Waals surface area contributed by atoms with Crippen LogP contribution in [0.25, 0.3) is 22.9 Å². The minimum Gasteiger partial charge on any atom is -0.478 e. The number of carbonyl (C=O) groups excluding carboxylic acids is 1. The molecular weight excluding hydrogens is 468 g/mol. The van der Waals surface area contributed by atoms with E-state index >= 15 is 0 Å². The molecule has 3 heterocycles. The van der Waals surface area contributed by atoms with Gasteiger partial charge in [-0.1, -0.05) is 30.3 Å². The van der Waals surface area contributed by atoms with Gasteiger partial charge in [-0.2, -0.15) is 0 Å². The highest BCUT2D eigenvalue weighted by Crippen LogP contribution is 2.32. The van der Waals surface area contributed by atoms with Crippen molar-refractivity contribution in [3.63, 3.8) is 0 Å². The molecule has 3 aromatic heterocycles. The van der Waals surface area contributed by atoms with E-state index in [0.29, 0.717) is 29.3 Å². The first-order chi connectivity index (χ1) is 16.0. The molecule has 0 aliphatic rings. The van der Waals surface area contributed by atoms with Crippen molar-refractivity contribution in [2.24, 2.45) is 0 Å². The topological polar surface area (TPSA) is 131 Å². The van der Waals surface area contributed by atoms with Crippen molar-refractivity contribution in [3.05, 3.63) is 65.6 Å². The number of carboxylic acids is 1. The highest BCUT2D eigenvalue weighted by molar-refractivity contribution is 8.00. The molecule has 1 atom stereocenters. The molecule has 1 unspecified atom stereocenters. The van der Waals surface area contributed by atoms with E-state index in [1.54, 1.807) is 24.3 Å². The third-order valence-corrected chi connectivity index (χ3v) is 6.10. The number of amides is 1. The zero-order chi connectivity index (χ0) is 23.4. The van der Waals surface area contributed by atoms with Crippen LogP contribution in [-0.4, -0.2) is 37.4 Å². The third-order valence-electron chi connectivity index (χ3n) is 4.56. The Bertz CT molecular complexity index is 1280. The van der Waals surface area contributed by atoms with Gasteiger partial charge in [-0.05, 0) is 48.9 Å². The van der Waals surface area contributed by atoms with Gasteiger partial charge in [-0.3, -0.25) is 4.79 Å². The van der Waals surface area contributed by atoms with Crippen LogP contribution in [-0.2, 0) is 4.79 Å². The fraction of sp³-hybridized carbons (Fsp3) is 0.136. The van der Waals surface area contributed by atoms with E-state index in [4.69, 9.17) is 20.4 Å². The Kier molecular flexibility index (Phi) is 6.76. The van der Waals surface area contributed by atoms with E-state index < -0.39 is 11.2 Å². The Morgan fingerprint density at radius 1 is 1.09 bits per heavy atom. The standard InChI is InChI=1S/C22H17ClN4O5S/c1-2-17(20(28)24-14-11-12(21(29)30)7-8-13(14)23)33-22-25-18(15-5-3-9-31-15)19(26-27-22)16-6-4-10-32-16/h3-11,17H,2H2,1H3,(H,24,28)(H,29,30). The van der Waals surface area contributed by atoms with E-state index in [9.17, 15) is 14.7 Å². The quantitative estimate of drug-likeness (QED) is 0.321. The van der Waals surface area contributed by atoms with Crippen LogP contribution in [0, 0.1) is 0 Å². The van der Waals surface area contributed by atoms with Crippen LogP contribution >= 0.6 is 23.4 Å². The molecule has 11 heteroatoms. The van der Waals surface area contributed by atoms with E-state index in [0.717, 1.165) is 11.8 Å². The van der Waals surface area contributed by atoms with Gasteiger partial charge in [0, 0.05) is 0 Å². The number of carbonyl (C=O) groups is 2. The first-order valence-electron chi connectivity index (χ1n) is 9.79. The molecule has 0 aliphatic carbocycles. The van der Waals surface area contributed by atoms with Gasteiger partial charge in [-0.15, -0.1) is 10.2 Å². The van der Waals surface area contributed by atoms with Crippen molar-refractivity contribution in [1.82, 2.24) is 15.2 Å². The second-order valence-electron chi connectivity index (χ2n) is 6.75. The van der Waals surface area contributed by atoms with Crippen LogP contribution < -0.4 is 5.32 Å². The molecule has 1 amide bonds. The number of nitrogens with zero attached hydrogens (tertiary/aromatic N) is 3. The fourth-order valence-electron chi connectivity index (χ4n) is 2.94. The number of aromatic carboxylic acids is 1. The number of rotatable bonds is 8. The number of anilines is 1. The van der Waals surface area contributed by atoms with Gasteiger partial charge in [-0.25, -0.2) is 9.78 Å². The van der Waals surface area contributed by atoms with E-state index in [2.05, 4.69) is 20.5 Å². The second kappa shape index (κ2) is 9.88. The van der Waals surface area contributed by atoms with Crippen molar-refractivity contribution >= 4 is 40.9 Å². The Hall–Kier alpha value is -3.63. The molecular formula is C22H17ClN4O5S. The lowest BCUT2D eigenvalue weighted by Crippen LogP contribution is -2.25. The lowest BCUT2D eigenvalue weighted by atomic mass is 10.2. The van der Waals surface area contributed by atoms with Gasteiger partial charge in [0.25, 0.3) is 0 Å². The molecule has 33 heavy (non-hydrogen) atoms. The van der Waals surface area contributed by atoms with Crippen molar-refractivity contribution in [2.75, 3.05) is 5.32 Å². The first kappa shape index (κ1) is 22.6. The molecule has 9 nitrogen and oxygen atoms in total. The summed E-state index contributed by atoms with van der Waals surface area (Å²) < 4.78 is 10.9. The minimum atomic E-state index is -1.12. The zero-order valence-corrected chi connectivity index (χ0v) is 18.8. The molecule has 4 rings (SSSR count). The fourth-order valence-corrected chi connectivity index (χ4v) is 3.93. The Morgan fingerprint density at radius 3 is 2.39 bits per heavy atom. The van der Waals surface area contributed by atoms with Crippen molar-refractivity contribution in [2.45, 2.75) is 23.8 Å². The average Bonchev–Trinajstić information content (AvgIpc) is 3.53. The molecule has 0 fully saturated rings. The average molecular weight is 485 g/mol. The third kappa shape index (κ3) is 5.07. The number of carboxylic acid groups (broad SMARTS) is 1. The van der Waals surface area contributed by atoms with Crippen LogP contribution in [0.2, 0.25) is 5.02 Å². The van der Waals surface area contributed by atoms with Gasteiger partial charge >= 0.3 is 5.97 Å². The molecule has 4 aromatic rings. The molecule has 2 N–H and O–H groups in total. The summed E-state index contributed by atoms with van der Waals surface area (Å²) in [6, 6.07) is 11.0. The maximum Gasteiger partial charge on any atom is 0.335 e. The second-order valence-corrected chi connectivity index (χ2v) is 8.33. The number of benzene rings is 1. The summed E-state index contributed by atoms with van der Waals surface area (Å²) in [5.41, 5.74) is 1.07. The lowest BCUT2D eigenvalue weighted by Gasteiger charge is -2.15. The Labute approximate surface area is 197 Å². The maximum atomic E-state index is 12.9. The van der Waals surface area contributed by atoms with Crippen molar-refractivity contribution < 1.29 is 23.5 Å². The number of nitrogens with one attached hydrogen (secondary N) is 1. The van der Waals surface area contributed by atoms with Crippen molar-refractivity contribution in [3.8, 4) is 22.9 Å². The number of aromatic nitrogens is 3. The number of furan rings is 2. The SMILES string of the molecule is CCC(Sc1nnc(-c2ccco2)c(-c2ccco2)n1)C(=O)Nc1cc(C(=O)O)ccc1Cl. The van der Waals surface area contributed by atoms with Gasteiger partial charge in [0.1, 0.15) is 5.69 Å². The number of halogens is 1. The van der Waals surface area contributed by atoms with E-state index in [1.165, 1.54) is 30.7 Å². The number of hydrogen-bond donors (Lipinski definition) is 2. The summed E-state index contributed by atoms with van der Waals surface area (Å²) in [6.45, 7) is 1.84. The number of thioether (sulfide) groups is 1. The molecule has 0 saturated heterocycles. The highest BCUT2D eigenvalue weighted by atomic mass is 35.5. The van der Waals surface area contributed by atoms with E-state index in [-0.39, 0.29) is 27.3 Å². The van der Waals surface area contributed by atoms with Crippen LogP contribution in [0.3, 0.4) is 0 Å². The molecule has 168 valence electrons. The van der Waals surface area contributed by atoms with Gasteiger partial charge in [0.15, 0.2) is 17.2 Å². The molecule has 0 saturated carbocycles. The highest BCUT2D eigenvalue weighted by Gasteiger charge is 2.24.